The van der Waals surface area contributed by atoms with Crippen LogP contribution in [0.4, 0.5) is 0 Å². The van der Waals surface area contributed by atoms with Crippen LogP contribution in [0.5, 0.6) is 28.7 Å². The third-order valence-electron chi connectivity index (χ3n) is 5.11. The summed E-state index contributed by atoms with van der Waals surface area (Å²) in [6.45, 7) is 2.35. The summed E-state index contributed by atoms with van der Waals surface area (Å²) in [4.78, 5) is 25.1. The molecule has 0 unspecified atom stereocenters. The first-order valence-electron chi connectivity index (χ1n) is 10.3. The Labute approximate surface area is 192 Å². The Morgan fingerprint density at radius 2 is 1.52 bits per heavy atom. The van der Waals surface area contributed by atoms with Gasteiger partial charge in [0.15, 0.2) is 12.4 Å². The summed E-state index contributed by atoms with van der Waals surface area (Å²) >= 11 is 0. The molecular formula is C25H27NO7. The van der Waals surface area contributed by atoms with Crippen molar-refractivity contribution in [1.82, 2.24) is 4.57 Å². The van der Waals surface area contributed by atoms with Crippen LogP contribution in [0.25, 0.3) is 0 Å². The van der Waals surface area contributed by atoms with Crippen molar-refractivity contribution in [2.75, 3.05) is 34.5 Å². The minimum Gasteiger partial charge on any atom is -0.497 e. The highest BCUT2D eigenvalue weighted by atomic mass is 16.5. The number of carbonyl (C=O) groups is 1. The Bertz CT molecular complexity index is 1150. The minimum absolute atomic E-state index is 0.128. The van der Waals surface area contributed by atoms with Crippen LogP contribution in [0.2, 0.25) is 0 Å². The predicted molar refractivity (Wildman–Crippen MR) is 123 cm³/mol. The number of hydrogen-bond acceptors (Lipinski definition) is 7. The molecule has 3 aromatic rings. The van der Waals surface area contributed by atoms with Gasteiger partial charge >= 0.3 is 0 Å². The van der Waals surface area contributed by atoms with Crippen molar-refractivity contribution in [2.45, 2.75) is 13.5 Å². The Morgan fingerprint density at radius 1 is 0.848 bits per heavy atom. The fourth-order valence-corrected chi connectivity index (χ4v) is 3.25. The van der Waals surface area contributed by atoms with Crippen LogP contribution in [-0.2, 0) is 6.54 Å². The number of pyridine rings is 1. The molecule has 0 fully saturated rings. The van der Waals surface area contributed by atoms with Gasteiger partial charge in [-0.25, -0.2) is 0 Å². The topological polar surface area (TPSA) is 85.2 Å². The normalized spacial score (nSPS) is 10.4. The standard InChI is InChI=1S/C25H27NO7/c1-17-25(33-16-23(28)21-10-9-20(30-3)15-24(21)31-4)22(27)11-12-26(17)13-14-32-19-7-5-18(29-2)6-8-19/h5-12,15H,13-14,16H2,1-4H3. The smallest absolute Gasteiger partial charge is 0.223 e. The third kappa shape index (κ3) is 5.85. The molecule has 1 aromatic heterocycles. The first-order chi connectivity index (χ1) is 16.0. The lowest BCUT2D eigenvalue weighted by molar-refractivity contribution is 0.0916. The van der Waals surface area contributed by atoms with E-state index >= 15 is 0 Å². The second kappa shape index (κ2) is 11.1. The SMILES string of the molecule is COc1ccc(OCCn2ccc(=O)c(OCC(=O)c3ccc(OC)cc3OC)c2C)cc1. The van der Waals surface area contributed by atoms with Crippen LogP contribution in [0.15, 0.2) is 59.5 Å². The van der Waals surface area contributed by atoms with Crippen molar-refractivity contribution in [3.8, 4) is 28.7 Å². The fourth-order valence-electron chi connectivity index (χ4n) is 3.25. The predicted octanol–water partition coefficient (Wildman–Crippen LogP) is 3.52. The average molecular weight is 453 g/mol. The summed E-state index contributed by atoms with van der Waals surface area (Å²) in [6.07, 6.45) is 1.68. The van der Waals surface area contributed by atoms with E-state index in [1.54, 1.807) is 38.4 Å². The van der Waals surface area contributed by atoms with Gasteiger partial charge in [0.25, 0.3) is 0 Å². The molecule has 33 heavy (non-hydrogen) atoms. The molecule has 0 aliphatic rings. The van der Waals surface area contributed by atoms with E-state index in [4.69, 9.17) is 23.7 Å². The van der Waals surface area contributed by atoms with Crippen LogP contribution < -0.4 is 29.1 Å². The van der Waals surface area contributed by atoms with Gasteiger partial charge < -0.3 is 28.3 Å². The highest BCUT2D eigenvalue weighted by Crippen LogP contribution is 2.25. The molecule has 0 N–H and O–H groups in total. The van der Waals surface area contributed by atoms with E-state index in [1.165, 1.54) is 20.3 Å². The Hall–Kier alpha value is -3.94. The summed E-state index contributed by atoms with van der Waals surface area (Å²) in [7, 11) is 4.61. The number of aromatic nitrogens is 1. The molecule has 0 saturated carbocycles. The monoisotopic (exact) mass is 453 g/mol. The summed E-state index contributed by atoms with van der Waals surface area (Å²) in [6, 6.07) is 13.6. The number of Topliss-reactive ketones (excluding diaryl/α,β-unsaturated/α-hetero) is 1. The number of hydrogen-bond donors (Lipinski definition) is 0. The first-order valence-corrected chi connectivity index (χ1v) is 10.3. The molecule has 0 aliphatic carbocycles. The Balaban J connectivity index is 1.65. The van der Waals surface area contributed by atoms with E-state index in [0.29, 0.717) is 41.7 Å². The van der Waals surface area contributed by atoms with Crippen molar-refractivity contribution in [2.24, 2.45) is 0 Å². The largest absolute Gasteiger partial charge is 0.497 e. The second-order valence-electron chi connectivity index (χ2n) is 7.09. The zero-order chi connectivity index (χ0) is 23.8. The van der Waals surface area contributed by atoms with E-state index in [1.807, 2.05) is 28.8 Å². The summed E-state index contributed by atoms with van der Waals surface area (Å²) in [5, 5.41) is 0. The fraction of sp³-hybridized carbons (Fsp3) is 0.280. The Kier molecular flexibility index (Phi) is 7.96. The summed E-state index contributed by atoms with van der Waals surface area (Å²) in [5.74, 6) is 2.23. The van der Waals surface area contributed by atoms with Crippen LogP contribution in [-0.4, -0.2) is 44.9 Å². The van der Waals surface area contributed by atoms with Crippen LogP contribution >= 0.6 is 0 Å². The van der Waals surface area contributed by atoms with Gasteiger partial charge in [0.1, 0.15) is 29.6 Å². The van der Waals surface area contributed by atoms with Gasteiger partial charge in [0.05, 0.1) is 39.1 Å². The molecule has 8 heteroatoms. The lowest BCUT2D eigenvalue weighted by Crippen LogP contribution is -2.20. The van der Waals surface area contributed by atoms with E-state index in [0.717, 1.165) is 5.75 Å². The zero-order valence-corrected chi connectivity index (χ0v) is 19.1. The molecule has 3 rings (SSSR count). The molecule has 0 aliphatic heterocycles. The number of nitrogens with zero attached hydrogens (tertiary/aromatic N) is 1. The van der Waals surface area contributed by atoms with Gasteiger partial charge in [-0.2, -0.15) is 0 Å². The number of benzene rings is 2. The first kappa shape index (κ1) is 23.7. The molecular weight excluding hydrogens is 426 g/mol. The number of rotatable bonds is 11. The maximum absolute atomic E-state index is 12.7. The summed E-state index contributed by atoms with van der Waals surface area (Å²) in [5.41, 5.74) is 0.657. The van der Waals surface area contributed by atoms with Crippen molar-refractivity contribution in [3.63, 3.8) is 0 Å². The number of ketones is 1. The van der Waals surface area contributed by atoms with E-state index in [9.17, 15) is 9.59 Å². The van der Waals surface area contributed by atoms with Crippen molar-refractivity contribution in [3.05, 3.63) is 76.2 Å². The van der Waals surface area contributed by atoms with Crippen LogP contribution in [0.3, 0.4) is 0 Å². The van der Waals surface area contributed by atoms with Gasteiger partial charge in [-0.05, 0) is 43.3 Å². The molecule has 174 valence electrons. The maximum atomic E-state index is 12.7. The zero-order valence-electron chi connectivity index (χ0n) is 19.1. The highest BCUT2D eigenvalue weighted by Gasteiger charge is 2.16. The van der Waals surface area contributed by atoms with Crippen molar-refractivity contribution < 1.29 is 28.5 Å². The number of methoxy groups -OCH3 is 3. The molecule has 0 radical (unpaired) electrons. The second-order valence-corrected chi connectivity index (χ2v) is 7.09. The molecule has 1 heterocycles. The van der Waals surface area contributed by atoms with Crippen LogP contribution in [0.1, 0.15) is 16.1 Å². The number of carbonyl (C=O) groups excluding carboxylic acids is 1. The summed E-state index contributed by atoms with van der Waals surface area (Å²) < 4.78 is 28.8. The van der Waals surface area contributed by atoms with Gasteiger partial charge in [-0.15, -0.1) is 0 Å². The lowest BCUT2D eigenvalue weighted by atomic mass is 10.1. The lowest BCUT2D eigenvalue weighted by Gasteiger charge is -2.15. The van der Waals surface area contributed by atoms with Gasteiger partial charge in [-0.1, -0.05) is 0 Å². The van der Waals surface area contributed by atoms with Gasteiger partial charge in [0.2, 0.25) is 11.2 Å². The van der Waals surface area contributed by atoms with E-state index < -0.39 is 0 Å². The van der Waals surface area contributed by atoms with E-state index in [-0.39, 0.29) is 23.6 Å². The third-order valence-corrected chi connectivity index (χ3v) is 5.11. The van der Waals surface area contributed by atoms with Crippen molar-refractivity contribution >= 4 is 5.78 Å². The molecule has 8 nitrogen and oxygen atoms in total. The van der Waals surface area contributed by atoms with Crippen LogP contribution in [0, 0.1) is 6.92 Å². The van der Waals surface area contributed by atoms with Gasteiger partial charge in [-0.3, -0.25) is 9.59 Å². The Morgan fingerprint density at radius 3 is 2.18 bits per heavy atom. The molecule has 0 saturated heterocycles. The molecule has 0 atom stereocenters. The number of ether oxygens (including phenoxy) is 5. The van der Waals surface area contributed by atoms with Gasteiger partial charge in [0, 0.05) is 18.3 Å². The highest BCUT2D eigenvalue weighted by molar-refractivity contribution is 6.00. The molecule has 0 spiro atoms. The van der Waals surface area contributed by atoms with E-state index in [2.05, 4.69) is 0 Å². The van der Waals surface area contributed by atoms with Crippen molar-refractivity contribution in [1.29, 1.82) is 0 Å². The molecule has 0 bridgehead atoms. The quantitative estimate of drug-likeness (QED) is 0.411. The minimum atomic E-state index is -0.313. The average Bonchev–Trinajstić information content (AvgIpc) is 2.85. The molecule has 0 amide bonds. The molecule has 2 aromatic carbocycles. The maximum Gasteiger partial charge on any atom is 0.223 e.